The van der Waals surface area contributed by atoms with E-state index in [1.165, 1.54) is 42.6 Å². The number of benzene rings is 2. The lowest BCUT2D eigenvalue weighted by atomic mass is 10.2. The maximum Gasteiger partial charge on any atom is 0.332 e. The first-order chi connectivity index (χ1) is 13.2. The fourth-order valence-electron chi connectivity index (χ4n) is 2.00. The Morgan fingerprint density at radius 3 is 2.29 bits per heavy atom. The summed E-state index contributed by atoms with van der Waals surface area (Å²) in [6.07, 6.45) is 3.08. The van der Waals surface area contributed by atoms with Crippen molar-refractivity contribution in [2.45, 2.75) is 11.8 Å². The van der Waals surface area contributed by atoms with Gasteiger partial charge in [-0.25, -0.2) is 4.79 Å². The zero-order chi connectivity index (χ0) is 20.7. The Morgan fingerprint density at radius 2 is 1.75 bits per heavy atom. The molecule has 0 aliphatic carbocycles. The number of hydrazone groups is 1. The Balaban J connectivity index is 2.38. The number of carbonyl (C=O) groups is 1. The number of methoxy groups -OCH3 is 1. The molecule has 2 aromatic carbocycles. The van der Waals surface area contributed by atoms with E-state index in [-0.39, 0.29) is 10.6 Å². The van der Waals surface area contributed by atoms with Gasteiger partial charge in [-0.15, -0.1) is 0 Å². The maximum absolute atomic E-state index is 12.8. The van der Waals surface area contributed by atoms with Crippen LogP contribution >= 0.6 is 0 Å². The van der Waals surface area contributed by atoms with Crippen LogP contribution in [-0.2, 0) is 19.6 Å². The van der Waals surface area contributed by atoms with Gasteiger partial charge < -0.3 is 4.74 Å². The molecule has 0 bridgehead atoms. The molecule has 0 fully saturated rings. The second-order valence-corrected chi connectivity index (χ2v) is 7.32. The fourth-order valence-corrected chi connectivity index (χ4v) is 3.09. The second-order valence-electron chi connectivity index (χ2n) is 5.52. The van der Waals surface area contributed by atoms with Crippen LogP contribution in [0.5, 0.6) is 0 Å². The number of nitrogens with zero attached hydrogens (tertiary/aromatic N) is 3. The van der Waals surface area contributed by atoms with E-state index in [0.29, 0.717) is 9.98 Å². The van der Waals surface area contributed by atoms with E-state index in [2.05, 4.69) is 9.84 Å². The molecule has 0 heterocycles. The topological polar surface area (TPSA) is 119 Å². The predicted octanol–water partition coefficient (Wildman–Crippen LogP) is 2.61. The summed E-state index contributed by atoms with van der Waals surface area (Å²) in [4.78, 5) is 21.5. The van der Waals surface area contributed by atoms with Crippen LogP contribution in [0.15, 0.2) is 70.8 Å². The minimum Gasteiger partial charge on any atom is -0.466 e. The summed E-state index contributed by atoms with van der Waals surface area (Å²) in [6, 6.07) is 11.5. The van der Waals surface area contributed by atoms with Gasteiger partial charge in [0.1, 0.15) is 0 Å². The molecule has 0 saturated heterocycles. The number of hydrogen-bond donors (Lipinski definition) is 0. The average molecular weight is 403 g/mol. The number of carbonyl (C=O) groups excluding carboxylic acids is 1. The molecule has 0 saturated carbocycles. The van der Waals surface area contributed by atoms with Gasteiger partial charge >= 0.3 is 5.97 Å². The monoisotopic (exact) mass is 403 g/mol. The van der Waals surface area contributed by atoms with Crippen molar-refractivity contribution in [3.8, 4) is 0 Å². The third kappa shape index (κ3) is 5.24. The molecule has 10 heteroatoms. The lowest BCUT2D eigenvalue weighted by Crippen LogP contribution is -2.21. The number of ether oxygens (including phenoxy) is 1. The highest BCUT2D eigenvalue weighted by Gasteiger charge is 2.21. The number of sulfonamides is 1. The highest BCUT2D eigenvalue weighted by Crippen LogP contribution is 2.18. The number of nitro groups is 1. The normalized spacial score (nSPS) is 11.6. The van der Waals surface area contributed by atoms with Gasteiger partial charge in [-0.1, -0.05) is 17.7 Å². The van der Waals surface area contributed by atoms with Crippen molar-refractivity contribution in [1.82, 2.24) is 4.41 Å². The lowest BCUT2D eigenvalue weighted by Gasteiger charge is -2.15. The van der Waals surface area contributed by atoms with Gasteiger partial charge in [0.15, 0.2) is 0 Å². The first-order valence-corrected chi connectivity index (χ1v) is 9.34. The fraction of sp³-hybridized carbons (Fsp3) is 0.111. The summed E-state index contributed by atoms with van der Waals surface area (Å²) < 4.78 is 30.7. The smallest absolute Gasteiger partial charge is 0.332 e. The molecule has 0 aromatic heterocycles. The largest absolute Gasteiger partial charge is 0.466 e. The number of hydrogen-bond acceptors (Lipinski definition) is 7. The third-order valence-electron chi connectivity index (χ3n) is 3.53. The van der Waals surface area contributed by atoms with E-state index < -0.39 is 20.9 Å². The summed E-state index contributed by atoms with van der Waals surface area (Å²) in [7, 11) is -2.92. The highest BCUT2D eigenvalue weighted by atomic mass is 32.2. The standard InChI is InChI=1S/C18H17N3O6S/c1-14-3-9-17(10-4-14)28(25,26)20(12-11-18(22)27-2)19-13-15-5-7-16(8-6-15)21(23)24/h3-13H,1-2H3/b12-11+,19-13+. The molecule has 2 rings (SSSR count). The highest BCUT2D eigenvalue weighted by molar-refractivity contribution is 7.89. The summed E-state index contributed by atoms with van der Waals surface area (Å²) in [6.45, 7) is 1.82. The first kappa shape index (κ1) is 20.8. The summed E-state index contributed by atoms with van der Waals surface area (Å²) in [5.41, 5.74) is 1.21. The van der Waals surface area contributed by atoms with Crippen molar-refractivity contribution in [2.75, 3.05) is 7.11 Å². The molecular formula is C18H17N3O6S. The van der Waals surface area contributed by atoms with Gasteiger partial charge in [-0.3, -0.25) is 10.1 Å². The number of non-ortho nitro benzene ring substituents is 1. The molecule has 0 unspecified atom stereocenters. The molecule has 0 aliphatic rings. The second kappa shape index (κ2) is 8.91. The molecule has 2 aromatic rings. The van der Waals surface area contributed by atoms with Crippen LogP contribution in [0.1, 0.15) is 11.1 Å². The Morgan fingerprint density at radius 1 is 1.14 bits per heavy atom. The molecule has 9 nitrogen and oxygen atoms in total. The predicted molar refractivity (Wildman–Crippen MR) is 102 cm³/mol. The summed E-state index contributed by atoms with van der Waals surface area (Å²) >= 11 is 0. The molecule has 28 heavy (non-hydrogen) atoms. The molecule has 0 N–H and O–H groups in total. The minimum atomic E-state index is -4.08. The van der Waals surface area contributed by atoms with E-state index in [9.17, 15) is 23.3 Å². The average Bonchev–Trinajstić information content (AvgIpc) is 2.68. The Kier molecular flexibility index (Phi) is 6.61. The van der Waals surface area contributed by atoms with Crippen molar-refractivity contribution < 1.29 is 22.9 Å². The van der Waals surface area contributed by atoms with Gasteiger partial charge in [0, 0.05) is 24.4 Å². The van der Waals surface area contributed by atoms with Gasteiger partial charge in [-0.2, -0.15) is 17.9 Å². The lowest BCUT2D eigenvalue weighted by molar-refractivity contribution is -0.384. The van der Waals surface area contributed by atoms with Crippen molar-refractivity contribution in [1.29, 1.82) is 0 Å². The Hall–Kier alpha value is -3.53. The minimum absolute atomic E-state index is 0.0199. The Bertz CT molecular complexity index is 1010. The van der Waals surface area contributed by atoms with Crippen LogP contribution in [0, 0.1) is 17.0 Å². The quantitative estimate of drug-likeness (QED) is 0.230. The van der Waals surface area contributed by atoms with Gasteiger partial charge in [0.05, 0.1) is 23.1 Å². The van der Waals surface area contributed by atoms with Crippen LogP contribution in [0.4, 0.5) is 5.69 Å². The van der Waals surface area contributed by atoms with Crippen molar-refractivity contribution in [3.05, 3.63) is 82.0 Å². The molecule has 0 aliphatic heterocycles. The molecule has 146 valence electrons. The summed E-state index contributed by atoms with van der Waals surface area (Å²) in [5.74, 6) is -0.755. The van der Waals surface area contributed by atoms with Crippen molar-refractivity contribution >= 4 is 27.9 Å². The maximum atomic E-state index is 12.8. The number of rotatable bonds is 7. The molecular weight excluding hydrogens is 386 g/mol. The number of esters is 1. The zero-order valence-corrected chi connectivity index (χ0v) is 15.9. The first-order valence-electron chi connectivity index (χ1n) is 7.90. The Labute approximate surface area is 161 Å². The number of nitro benzene ring substituents is 1. The van der Waals surface area contributed by atoms with Crippen LogP contribution in [0.2, 0.25) is 0 Å². The SMILES string of the molecule is COC(=O)/C=C/N(/N=C/c1ccc([N+](=O)[O-])cc1)S(=O)(=O)c1ccc(C)cc1. The van der Waals surface area contributed by atoms with E-state index >= 15 is 0 Å². The van der Waals surface area contributed by atoms with Gasteiger partial charge in [0.2, 0.25) is 0 Å². The molecule has 0 radical (unpaired) electrons. The number of aryl methyl sites for hydroxylation is 1. The van der Waals surface area contributed by atoms with Gasteiger partial charge in [-0.05, 0) is 36.8 Å². The van der Waals surface area contributed by atoms with Crippen LogP contribution in [-0.4, -0.2) is 37.0 Å². The van der Waals surface area contributed by atoms with E-state index in [1.807, 2.05) is 6.92 Å². The molecule has 0 atom stereocenters. The van der Waals surface area contributed by atoms with Crippen LogP contribution in [0.25, 0.3) is 0 Å². The van der Waals surface area contributed by atoms with E-state index in [1.54, 1.807) is 12.1 Å². The van der Waals surface area contributed by atoms with Gasteiger partial charge in [0.25, 0.3) is 15.7 Å². The summed E-state index contributed by atoms with van der Waals surface area (Å²) in [5, 5.41) is 14.6. The van der Waals surface area contributed by atoms with Crippen molar-refractivity contribution in [3.63, 3.8) is 0 Å². The zero-order valence-electron chi connectivity index (χ0n) is 15.1. The van der Waals surface area contributed by atoms with Crippen molar-refractivity contribution in [2.24, 2.45) is 5.10 Å². The van der Waals surface area contributed by atoms with Crippen LogP contribution in [0.3, 0.4) is 0 Å². The molecule has 0 spiro atoms. The third-order valence-corrected chi connectivity index (χ3v) is 5.11. The van der Waals surface area contributed by atoms with Crippen LogP contribution < -0.4 is 0 Å². The van der Waals surface area contributed by atoms with E-state index in [0.717, 1.165) is 24.9 Å². The molecule has 0 amide bonds. The van der Waals surface area contributed by atoms with E-state index in [4.69, 9.17) is 0 Å².